The molecule has 6 nitrogen and oxygen atoms in total. The van der Waals surface area contributed by atoms with Crippen molar-refractivity contribution in [2.75, 3.05) is 5.32 Å². The van der Waals surface area contributed by atoms with Crippen LogP contribution in [0.1, 0.15) is 22.8 Å². The third-order valence-corrected chi connectivity index (χ3v) is 2.53. The zero-order chi connectivity index (χ0) is 15.1. The van der Waals surface area contributed by atoms with Crippen LogP contribution < -0.4 is 10.7 Å². The van der Waals surface area contributed by atoms with E-state index in [2.05, 4.69) is 20.8 Å². The number of pyridine rings is 1. The van der Waals surface area contributed by atoms with E-state index in [4.69, 9.17) is 0 Å². The lowest BCUT2D eigenvalue weighted by atomic mass is 10.2. The van der Waals surface area contributed by atoms with Gasteiger partial charge in [0.25, 0.3) is 5.91 Å². The highest BCUT2D eigenvalue weighted by molar-refractivity contribution is 5.95. The van der Waals surface area contributed by atoms with Gasteiger partial charge in [-0.1, -0.05) is 12.1 Å². The Morgan fingerprint density at radius 2 is 1.95 bits per heavy atom. The molecule has 1 aromatic heterocycles. The second-order valence-corrected chi connectivity index (χ2v) is 4.24. The lowest BCUT2D eigenvalue weighted by molar-refractivity contribution is -0.114. The molecule has 0 aliphatic heterocycles. The molecule has 0 bridgehead atoms. The number of carbonyl (C=O) groups excluding carboxylic acids is 2. The minimum Gasteiger partial charge on any atom is -0.326 e. The molecule has 0 unspecified atom stereocenters. The van der Waals surface area contributed by atoms with E-state index in [-0.39, 0.29) is 11.8 Å². The molecule has 2 amide bonds. The van der Waals surface area contributed by atoms with Gasteiger partial charge in [-0.3, -0.25) is 14.6 Å². The predicted molar refractivity (Wildman–Crippen MR) is 80.0 cm³/mol. The van der Waals surface area contributed by atoms with Crippen LogP contribution in [0.3, 0.4) is 0 Å². The van der Waals surface area contributed by atoms with E-state index >= 15 is 0 Å². The third-order valence-electron chi connectivity index (χ3n) is 2.53. The van der Waals surface area contributed by atoms with Gasteiger partial charge in [-0.2, -0.15) is 5.10 Å². The van der Waals surface area contributed by atoms with Gasteiger partial charge in [0.15, 0.2) is 0 Å². The van der Waals surface area contributed by atoms with Gasteiger partial charge in [-0.05, 0) is 29.8 Å². The van der Waals surface area contributed by atoms with Crippen molar-refractivity contribution in [2.24, 2.45) is 5.10 Å². The first-order valence-electron chi connectivity index (χ1n) is 6.26. The molecule has 0 saturated carbocycles. The van der Waals surface area contributed by atoms with Crippen molar-refractivity contribution >= 4 is 23.7 Å². The second kappa shape index (κ2) is 6.95. The van der Waals surface area contributed by atoms with Gasteiger partial charge in [-0.15, -0.1) is 0 Å². The maximum Gasteiger partial charge on any atom is 0.271 e. The van der Waals surface area contributed by atoms with Crippen molar-refractivity contribution in [1.82, 2.24) is 10.4 Å². The summed E-state index contributed by atoms with van der Waals surface area (Å²) in [5.41, 5.74) is 4.34. The molecule has 21 heavy (non-hydrogen) atoms. The average molecular weight is 282 g/mol. The summed E-state index contributed by atoms with van der Waals surface area (Å²) in [5, 5.41) is 6.56. The summed E-state index contributed by atoms with van der Waals surface area (Å²) >= 11 is 0. The number of carbonyl (C=O) groups is 2. The maximum absolute atomic E-state index is 11.7. The van der Waals surface area contributed by atoms with Gasteiger partial charge in [0, 0.05) is 30.6 Å². The minimum absolute atomic E-state index is 0.143. The van der Waals surface area contributed by atoms with Crippen LogP contribution in [-0.2, 0) is 4.79 Å². The van der Waals surface area contributed by atoms with E-state index in [0.29, 0.717) is 11.3 Å². The molecule has 0 spiro atoms. The molecule has 0 aliphatic carbocycles. The van der Waals surface area contributed by atoms with Crippen LogP contribution in [0.5, 0.6) is 0 Å². The summed E-state index contributed by atoms with van der Waals surface area (Å²) < 4.78 is 0. The van der Waals surface area contributed by atoms with Crippen LogP contribution in [0.2, 0.25) is 0 Å². The molecule has 0 radical (unpaired) electrons. The molecule has 6 heteroatoms. The number of nitrogens with one attached hydrogen (secondary N) is 2. The fourth-order valence-electron chi connectivity index (χ4n) is 1.63. The highest BCUT2D eigenvalue weighted by Crippen LogP contribution is 2.08. The molecule has 1 heterocycles. The quantitative estimate of drug-likeness (QED) is 0.662. The van der Waals surface area contributed by atoms with Crippen molar-refractivity contribution in [2.45, 2.75) is 6.92 Å². The van der Waals surface area contributed by atoms with Crippen molar-refractivity contribution < 1.29 is 9.59 Å². The lowest BCUT2D eigenvalue weighted by Gasteiger charge is -2.02. The van der Waals surface area contributed by atoms with E-state index < -0.39 is 0 Å². The summed E-state index contributed by atoms with van der Waals surface area (Å²) in [6.07, 6.45) is 4.58. The molecule has 0 fully saturated rings. The molecule has 2 rings (SSSR count). The SMILES string of the molecule is CC(=O)Nc1cccc(/C=N\NC(=O)c2ccncc2)c1. The highest BCUT2D eigenvalue weighted by Gasteiger charge is 2.02. The number of rotatable bonds is 4. The second-order valence-electron chi connectivity index (χ2n) is 4.24. The van der Waals surface area contributed by atoms with Crippen molar-refractivity contribution in [3.05, 3.63) is 59.9 Å². The minimum atomic E-state index is -0.313. The van der Waals surface area contributed by atoms with Gasteiger partial charge >= 0.3 is 0 Å². The maximum atomic E-state index is 11.7. The Labute approximate surface area is 121 Å². The molecule has 2 N–H and O–H groups in total. The molecule has 1 aromatic carbocycles. The van der Waals surface area contributed by atoms with E-state index in [1.54, 1.807) is 30.3 Å². The number of hydrazone groups is 1. The first-order chi connectivity index (χ1) is 10.1. The van der Waals surface area contributed by atoms with E-state index in [9.17, 15) is 9.59 Å². The van der Waals surface area contributed by atoms with E-state index in [0.717, 1.165) is 5.56 Å². The first kappa shape index (κ1) is 14.4. The van der Waals surface area contributed by atoms with Gasteiger partial charge in [0.1, 0.15) is 0 Å². The molecule has 0 saturated heterocycles. The van der Waals surface area contributed by atoms with Crippen molar-refractivity contribution in [1.29, 1.82) is 0 Å². The topological polar surface area (TPSA) is 83.5 Å². The third kappa shape index (κ3) is 4.54. The Hall–Kier alpha value is -3.02. The van der Waals surface area contributed by atoms with Crippen molar-refractivity contribution in [3.8, 4) is 0 Å². The fraction of sp³-hybridized carbons (Fsp3) is 0.0667. The van der Waals surface area contributed by atoms with Gasteiger partial charge in [0.05, 0.1) is 6.21 Å². The van der Waals surface area contributed by atoms with Crippen LogP contribution in [-0.4, -0.2) is 23.0 Å². The van der Waals surface area contributed by atoms with Gasteiger partial charge in [0.2, 0.25) is 5.91 Å². The highest BCUT2D eigenvalue weighted by atomic mass is 16.2. The Morgan fingerprint density at radius 3 is 2.67 bits per heavy atom. The molecular weight excluding hydrogens is 268 g/mol. The van der Waals surface area contributed by atoms with E-state index in [1.165, 1.54) is 25.5 Å². The average Bonchev–Trinajstić information content (AvgIpc) is 2.48. The zero-order valence-electron chi connectivity index (χ0n) is 11.4. The number of benzene rings is 1. The van der Waals surface area contributed by atoms with Gasteiger partial charge in [-0.25, -0.2) is 5.43 Å². The van der Waals surface area contributed by atoms with E-state index in [1.807, 2.05) is 6.07 Å². The monoisotopic (exact) mass is 282 g/mol. The largest absolute Gasteiger partial charge is 0.326 e. The van der Waals surface area contributed by atoms with Crippen LogP contribution in [0.15, 0.2) is 53.9 Å². The van der Waals surface area contributed by atoms with Crippen LogP contribution in [0.25, 0.3) is 0 Å². The Bertz CT molecular complexity index is 668. The van der Waals surface area contributed by atoms with Gasteiger partial charge < -0.3 is 5.32 Å². The Morgan fingerprint density at radius 1 is 1.19 bits per heavy atom. The normalized spacial score (nSPS) is 10.3. The summed E-state index contributed by atoms with van der Waals surface area (Å²) in [6, 6.07) is 10.3. The fourth-order valence-corrected chi connectivity index (χ4v) is 1.63. The molecule has 0 aliphatic rings. The number of amides is 2. The van der Waals surface area contributed by atoms with Crippen molar-refractivity contribution in [3.63, 3.8) is 0 Å². The van der Waals surface area contributed by atoms with Crippen LogP contribution >= 0.6 is 0 Å². The van der Waals surface area contributed by atoms with Crippen LogP contribution in [0, 0.1) is 0 Å². The Kier molecular flexibility index (Phi) is 4.76. The summed E-state index contributed by atoms with van der Waals surface area (Å²) in [7, 11) is 0. The number of nitrogens with zero attached hydrogens (tertiary/aromatic N) is 2. The first-order valence-corrected chi connectivity index (χ1v) is 6.26. The smallest absolute Gasteiger partial charge is 0.271 e. The summed E-state index contributed by atoms with van der Waals surface area (Å²) in [5.74, 6) is -0.457. The predicted octanol–water partition coefficient (Wildman–Crippen LogP) is 1.80. The summed E-state index contributed by atoms with van der Waals surface area (Å²) in [6.45, 7) is 1.44. The standard InChI is InChI=1S/C15H14N4O2/c1-11(20)18-14-4-2-3-12(9-14)10-17-19-15(21)13-5-7-16-8-6-13/h2-10H,1H3,(H,18,20)(H,19,21)/b17-10-. The van der Waals surface area contributed by atoms with Crippen LogP contribution in [0.4, 0.5) is 5.69 Å². The number of hydrogen-bond acceptors (Lipinski definition) is 4. The number of hydrogen-bond donors (Lipinski definition) is 2. The molecule has 0 atom stereocenters. The Balaban J connectivity index is 1.98. The number of anilines is 1. The molecule has 2 aromatic rings. The molecule has 106 valence electrons. The summed E-state index contributed by atoms with van der Waals surface area (Å²) in [4.78, 5) is 26.6. The lowest BCUT2D eigenvalue weighted by Crippen LogP contribution is -2.17. The molecular formula is C15H14N4O2. The number of aromatic nitrogens is 1. The zero-order valence-corrected chi connectivity index (χ0v) is 11.4.